The number of nitrogens with zero attached hydrogens (tertiary/aromatic N) is 4. The van der Waals surface area contributed by atoms with E-state index in [2.05, 4.69) is 15.5 Å². The molecule has 11 nitrogen and oxygen atoms in total. The summed E-state index contributed by atoms with van der Waals surface area (Å²) in [5.74, 6) is -0.321. The molecule has 3 amide bonds. The van der Waals surface area contributed by atoms with Crippen LogP contribution in [-0.2, 0) is 9.47 Å². The lowest BCUT2D eigenvalue weighted by Gasteiger charge is -2.33. The average molecular weight is 541 g/mol. The lowest BCUT2D eigenvalue weighted by Crippen LogP contribution is -2.50. The molecule has 4 aliphatic rings. The van der Waals surface area contributed by atoms with Gasteiger partial charge in [0.15, 0.2) is 0 Å². The van der Waals surface area contributed by atoms with Crippen molar-refractivity contribution in [3.05, 3.63) is 29.6 Å². The van der Waals surface area contributed by atoms with Gasteiger partial charge < -0.3 is 34.6 Å². The van der Waals surface area contributed by atoms with E-state index in [9.17, 15) is 9.59 Å². The fourth-order valence-corrected chi connectivity index (χ4v) is 5.49. The van der Waals surface area contributed by atoms with Gasteiger partial charge >= 0.3 is 6.03 Å². The standard InChI is InChI=1S/C27H33FN6O5/c1-4-33-14-27(2,3)39-23-21(24(33)35)22(31-25(32-23)34-10-17-6-7-18(11-34)38-17)15-5-8-20(19(28)9-15)30-26(36)29-16-12-37-13-16/h5,8-9,16-18H,4,6-7,10-14H2,1-3H3,(H2,29,30,36). The number of fused-ring (bicyclic) bond motifs is 3. The van der Waals surface area contributed by atoms with Gasteiger partial charge in [0, 0.05) is 25.2 Å². The molecule has 2 unspecified atom stereocenters. The summed E-state index contributed by atoms with van der Waals surface area (Å²) in [6, 6.07) is 3.78. The Morgan fingerprint density at radius 1 is 1.18 bits per heavy atom. The van der Waals surface area contributed by atoms with E-state index >= 15 is 4.39 Å². The Labute approximate surface area is 226 Å². The number of rotatable bonds is 5. The zero-order valence-electron chi connectivity index (χ0n) is 22.3. The molecular weight excluding hydrogens is 507 g/mol. The predicted molar refractivity (Wildman–Crippen MR) is 141 cm³/mol. The second-order valence-corrected chi connectivity index (χ2v) is 11.1. The molecule has 1 aromatic heterocycles. The fraction of sp³-hybridized carbons (Fsp3) is 0.556. The minimum atomic E-state index is -0.693. The number of likely N-dealkylation sites (N-methyl/N-ethyl adjacent to an activating group) is 1. The number of hydrogen-bond acceptors (Lipinski definition) is 8. The van der Waals surface area contributed by atoms with Crippen LogP contribution in [0.1, 0.15) is 44.0 Å². The summed E-state index contributed by atoms with van der Waals surface area (Å²) < 4.78 is 32.7. The van der Waals surface area contributed by atoms with Crippen molar-refractivity contribution in [1.29, 1.82) is 0 Å². The van der Waals surface area contributed by atoms with Gasteiger partial charge in [-0.3, -0.25) is 4.79 Å². The number of morpholine rings is 1. The van der Waals surface area contributed by atoms with Gasteiger partial charge in [-0.15, -0.1) is 0 Å². The van der Waals surface area contributed by atoms with Crippen molar-refractivity contribution in [3.8, 4) is 17.1 Å². The van der Waals surface area contributed by atoms with E-state index in [4.69, 9.17) is 24.2 Å². The number of urea groups is 1. The highest BCUT2D eigenvalue weighted by atomic mass is 19.1. The molecule has 6 rings (SSSR count). The summed E-state index contributed by atoms with van der Waals surface area (Å²) in [7, 11) is 0. The third kappa shape index (κ3) is 5.10. The van der Waals surface area contributed by atoms with E-state index in [0.29, 0.717) is 50.9 Å². The molecule has 4 aliphatic heterocycles. The van der Waals surface area contributed by atoms with Crippen LogP contribution in [0.5, 0.6) is 5.88 Å². The molecule has 0 spiro atoms. The molecule has 2 N–H and O–H groups in total. The van der Waals surface area contributed by atoms with Crippen LogP contribution in [0.15, 0.2) is 18.2 Å². The van der Waals surface area contributed by atoms with Crippen molar-refractivity contribution in [2.75, 3.05) is 49.6 Å². The molecule has 5 heterocycles. The lowest BCUT2D eigenvalue weighted by molar-refractivity contribution is 0.000732. The average Bonchev–Trinajstić information content (AvgIpc) is 3.16. The highest BCUT2D eigenvalue weighted by molar-refractivity contribution is 6.03. The van der Waals surface area contributed by atoms with E-state index in [0.717, 1.165) is 12.8 Å². The van der Waals surface area contributed by atoms with Gasteiger partial charge in [0.05, 0.1) is 49.4 Å². The Morgan fingerprint density at radius 3 is 2.56 bits per heavy atom. The number of halogens is 1. The van der Waals surface area contributed by atoms with Gasteiger partial charge in [0.2, 0.25) is 11.8 Å². The molecule has 208 valence electrons. The van der Waals surface area contributed by atoms with Gasteiger partial charge in [-0.05, 0) is 45.7 Å². The topological polar surface area (TPSA) is 118 Å². The number of aromatic nitrogens is 2. The highest BCUT2D eigenvalue weighted by Gasteiger charge is 2.39. The zero-order valence-corrected chi connectivity index (χ0v) is 22.3. The molecule has 39 heavy (non-hydrogen) atoms. The van der Waals surface area contributed by atoms with Crippen LogP contribution in [0.4, 0.5) is 20.8 Å². The third-order valence-electron chi connectivity index (χ3n) is 7.48. The number of hydrogen-bond donors (Lipinski definition) is 2. The number of nitrogens with one attached hydrogen (secondary N) is 2. The smallest absolute Gasteiger partial charge is 0.319 e. The third-order valence-corrected chi connectivity index (χ3v) is 7.48. The molecule has 12 heteroatoms. The van der Waals surface area contributed by atoms with E-state index in [1.54, 1.807) is 11.0 Å². The molecule has 2 atom stereocenters. The van der Waals surface area contributed by atoms with Gasteiger partial charge in [0.1, 0.15) is 17.0 Å². The summed E-state index contributed by atoms with van der Waals surface area (Å²) in [4.78, 5) is 39.3. The molecule has 3 saturated heterocycles. The van der Waals surface area contributed by atoms with Gasteiger partial charge in [0.25, 0.3) is 5.91 Å². The van der Waals surface area contributed by atoms with Crippen molar-refractivity contribution in [2.24, 2.45) is 0 Å². The molecule has 2 bridgehead atoms. The monoisotopic (exact) mass is 540 g/mol. The van der Waals surface area contributed by atoms with Crippen molar-refractivity contribution in [3.63, 3.8) is 0 Å². The van der Waals surface area contributed by atoms with E-state index in [1.807, 2.05) is 20.8 Å². The molecule has 3 fully saturated rings. The molecule has 0 radical (unpaired) electrons. The summed E-state index contributed by atoms with van der Waals surface area (Å²) in [5, 5.41) is 5.26. The maximum absolute atomic E-state index is 15.3. The predicted octanol–water partition coefficient (Wildman–Crippen LogP) is 2.80. The molecule has 0 aliphatic carbocycles. The van der Waals surface area contributed by atoms with E-state index in [-0.39, 0.29) is 47.0 Å². The fourth-order valence-electron chi connectivity index (χ4n) is 5.49. The molecular formula is C27H33FN6O5. The summed E-state index contributed by atoms with van der Waals surface area (Å²) in [6.07, 6.45) is 2.16. The molecule has 0 saturated carbocycles. The van der Waals surface area contributed by atoms with E-state index in [1.165, 1.54) is 12.1 Å². The number of carbonyl (C=O) groups is 2. The Morgan fingerprint density at radius 2 is 1.92 bits per heavy atom. The van der Waals surface area contributed by atoms with Gasteiger partial charge in [-0.1, -0.05) is 6.07 Å². The van der Waals surface area contributed by atoms with Crippen LogP contribution in [0.2, 0.25) is 0 Å². The largest absolute Gasteiger partial charge is 0.469 e. The molecule has 1 aromatic carbocycles. The highest BCUT2D eigenvalue weighted by Crippen LogP contribution is 2.38. The zero-order chi connectivity index (χ0) is 27.3. The summed E-state index contributed by atoms with van der Waals surface area (Å²) in [5.41, 5.74) is 0.193. The minimum absolute atomic E-state index is 0.0144. The number of carbonyl (C=O) groups excluding carboxylic acids is 2. The van der Waals surface area contributed by atoms with Crippen LogP contribution >= 0.6 is 0 Å². The van der Waals surface area contributed by atoms with Crippen molar-refractivity contribution < 1.29 is 28.2 Å². The van der Waals surface area contributed by atoms with Crippen molar-refractivity contribution in [2.45, 2.75) is 57.5 Å². The van der Waals surface area contributed by atoms with Crippen molar-refractivity contribution >= 4 is 23.6 Å². The Kier molecular flexibility index (Phi) is 6.54. The van der Waals surface area contributed by atoms with Crippen LogP contribution in [0.25, 0.3) is 11.3 Å². The lowest BCUT2D eigenvalue weighted by atomic mass is 10.0. The Bertz CT molecular complexity index is 1290. The first-order valence-electron chi connectivity index (χ1n) is 13.4. The van der Waals surface area contributed by atoms with Crippen LogP contribution < -0.4 is 20.3 Å². The normalized spacial score (nSPS) is 23.9. The first-order valence-corrected chi connectivity index (χ1v) is 13.4. The quantitative estimate of drug-likeness (QED) is 0.595. The summed E-state index contributed by atoms with van der Waals surface area (Å²) in [6.45, 7) is 8.69. The SMILES string of the molecule is CCN1CC(C)(C)Oc2nc(N3CC4CCC(C3)O4)nc(-c3ccc(NC(=O)NC4COC4)c(F)c3)c2C1=O. The first kappa shape index (κ1) is 25.8. The first-order chi connectivity index (χ1) is 18.7. The molecule has 2 aromatic rings. The second kappa shape index (κ2) is 9.91. The Balaban J connectivity index is 1.40. The maximum Gasteiger partial charge on any atom is 0.319 e. The number of amides is 3. The maximum atomic E-state index is 15.3. The van der Waals surface area contributed by atoms with E-state index < -0.39 is 17.4 Å². The van der Waals surface area contributed by atoms with Crippen LogP contribution in [0, 0.1) is 5.82 Å². The Hall–Kier alpha value is -3.51. The van der Waals surface area contributed by atoms with Gasteiger partial charge in [-0.25, -0.2) is 14.2 Å². The van der Waals surface area contributed by atoms with Crippen LogP contribution in [-0.4, -0.2) is 90.0 Å². The number of benzene rings is 1. The van der Waals surface area contributed by atoms with Crippen molar-refractivity contribution in [1.82, 2.24) is 20.2 Å². The van der Waals surface area contributed by atoms with Crippen LogP contribution in [0.3, 0.4) is 0 Å². The number of anilines is 2. The summed E-state index contributed by atoms with van der Waals surface area (Å²) >= 11 is 0. The number of ether oxygens (including phenoxy) is 3. The second-order valence-electron chi connectivity index (χ2n) is 11.1. The van der Waals surface area contributed by atoms with Gasteiger partial charge in [-0.2, -0.15) is 4.98 Å². The minimum Gasteiger partial charge on any atom is -0.469 e.